The quantitative estimate of drug-likeness (QED) is 0.535. The number of aromatic carboxylic acids is 1. The maximum atomic E-state index is 13.2. The van der Waals surface area contributed by atoms with Crippen LogP contribution in [0.2, 0.25) is 5.02 Å². The van der Waals surface area contributed by atoms with Crippen molar-refractivity contribution < 1.29 is 23.1 Å². The standard InChI is InChI=1S/C23H30ClNO5S/c1-14-12-18(13-15(2)20(14)24)30-11-7-10-25-17(4)22(16(3)21(25)23(26)27)31(28,29)19-8-5-6-9-19/h12-13,19H,5-11H2,1-4H3,(H,26,27). The maximum absolute atomic E-state index is 13.2. The smallest absolute Gasteiger partial charge is 0.352 e. The van der Waals surface area contributed by atoms with Crippen LogP contribution in [-0.4, -0.2) is 35.9 Å². The number of carboxylic acids is 1. The average Bonchev–Trinajstić information content (AvgIpc) is 3.30. The number of aryl methyl sites for hydroxylation is 2. The van der Waals surface area contributed by atoms with Crippen LogP contribution in [0.25, 0.3) is 0 Å². The Morgan fingerprint density at radius 2 is 1.74 bits per heavy atom. The number of carboxylic acid groups (broad SMARTS) is 1. The van der Waals surface area contributed by atoms with Gasteiger partial charge in [0.1, 0.15) is 11.4 Å². The van der Waals surface area contributed by atoms with E-state index >= 15 is 0 Å². The molecule has 6 nitrogen and oxygen atoms in total. The summed E-state index contributed by atoms with van der Waals surface area (Å²) in [6.45, 7) is 7.87. The van der Waals surface area contributed by atoms with Crippen LogP contribution in [0.15, 0.2) is 17.0 Å². The molecule has 0 saturated heterocycles. The molecule has 1 aromatic carbocycles. The van der Waals surface area contributed by atoms with Gasteiger partial charge < -0.3 is 14.4 Å². The summed E-state index contributed by atoms with van der Waals surface area (Å²) in [6.07, 6.45) is 3.62. The zero-order valence-corrected chi connectivity index (χ0v) is 20.1. The molecule has 170 valence electrons. The molecule has 1 aromatic heterocycles. The Hall–Kier alpha value is -1.99. The van der Waals surface area contributed by atoms with E-state index in [1.807, 2.05) is 26.0 Å². The maximum Gasteiger partial charge on any atom is 0.352 e. The number of ether oxygens (including phenoxy) is 1. The first kappa shape index (κ1) is 23.7. The van der Waals surface area contributed by atoms with Gasteiger partial charge in [-0.1, -0.05) is 24.4 Å². The van der Waals surface area contributed by atoms with Gasteiger partial charge in [-0.3, -0.25) is 0 Å². The number of hydrogen-bond acceptors (Lipinski definition) is 4. The molecule has 0 unspecified atom stereocenters. The van der Waals surface area contributed by atoms with Gasteiger partial charge in [0.15, 0.2) is 9.84 Å². The Bertz CT molecular complexity index is 1070. The minimum Gasteiger partial charge on any atom is -0.494 e. The van der Waals surface area contributed by atoms with Crippen LogP contribution in [-0.2, 0) is 16.4 Å². The monoisotopic (exact) mass is 467 g/mol. The molecule has 0 amide bonds. The van der Waals surface area contributed by atoms with Crippen LogP contribution in [0, 0.1) is 27.7 Å². The third-order valence-electron chi connectivity index (χ3n) is 6.13. The summed E-state index contributed by atoms with van der Waals surface area (Å²) in [4.78, 5) is 12.2. The second-order valence-corrected chi connectivity index (χ2v) is 10.9. The second kappa shape index (κ2) is 9.25. The number of carbonyl (C=O) groups is 1. The zero-order chi connectivity index (χ0) is 22.9. The van der Waals surface area contributed by atoms with Crippen LogP contribution >= 0.6 is 11.6 Å². The fourth-order valence-electron chi connectivity index (χ4n) is 4.61. The van der Waals surface area contributed by atoms with Gasteiger partial charge in [-0.05, 0) is 70.2 Å². The van der Waals surface area contributed by atoms with Gasteiger partial charge in [-0.2, -0.15) is 0 Å². The van der Waals surface area contributed by atoms with Crippen LogP contribution < -0.4 is 4.74 Å². The molecule has 1 aliphatic rings. The molecule has 0 spiro atoms. The SMILES string of the molecule is Cc1cc(OCCCn2c(C)c(S(=O)(=O)C3CCCC3)c(C)c2C(=O)O)cc(C)c1Cl. The van der Waals surface area contributed by atoms with Crippen molar-refractivity contribution in [1.29, 1.82) is 0 Å². The van der Waals surface area contributed by atoms with Gasteiger partial charge in [0.05, 0.1) is 16.8 Å². The number of hydrogen-bond donors (Lipinski definition) is 1. The lowest BCUT2D eigenvalue weighted by Gasteiger charge is -2.14. The number of nitrogens with zero attached hydrogens (tertiary/aromatic N) is 1. The summed E-state index contributed by atoms with van der Waals surface area (Å²) < 4.78 is 33.9. The second-order valence-electron chi connectivity index (χ2n) is 8.37. The predicted molar refractivity (Wildman–Crippen MR) is 121 cm³/mol. The van der Waals surface area contributed by atoms with Gasteiger partial charge in [-0.15, -0.1) is 0 Å². The van der Waals surface area contributed by atoms with E-state index in [2.05, 4.69) is 0 Å². The van der Waals surface area contributed by atoms with Crippen molar-refractivity contribution in [2.45, 2.75) is 76.5 Å². The third-order valence-corrected chi connectivity index (χ3v) is 9.25. The molecule has 1 heterocycles. The van der Waals surface area contributed by atoms with Gasteiger partial charge in [0, 0.05) is 22.8 Å². The van der Waals surface area contributed by atoms with Crippen molar-refractivity contribution >= 4 is 27.4 Å². The lowest BCUT2D eigenvalue weighted by Crippen LogP contribution is -2.19. The zero-order valence-electron chi connectivity index (χ0n) is 18.5. The van der Waals surface area contributed by atoms with E-state index in [9.17, 15) is 18.3 Å². The molecule has 3 rings (SSSR count). The van der Waals surface area contributed by atoms with Crippen molar-refractivity contribution in [1.82, 2.24) is 4.57 Å². The fourth-order valence-corrected chi connectivity index (χ4v) is 7.06. The molecule has 1 fully saturated rings. The van der Waals surface area contributed by atoms with Crippen molar-refractivity contribution in [3.05, 3.63) is 45.2 Å². The summed E-state index contributed by atoms with van der Waals surface area (Å²) in [6, 6.07) is 3.74. The van der Waals surface area contributed by atoms with E-state index in [-0.39, 0.29) is 10.6 Å². The molecule has 0 bridgehead atoms. The van der Waals surface area contributed by atoms with E-state index in [0.717, 1.165) is 24.0 Å². The highest BCUT2D eigenvalue weighted by molar-refractivity contribution is 7.92. The number of aromatic nitrogens is 1. The molecule has 0 atom stereocenters. The molecule has 1 aliphatic carbocycles. The normalized spacial score (nSPS) is 14.9. The lowest BCUT2D eigenvalue weighted by molar-refractivity contribution is 0.0683. The first-order chi connectivity index (χ1) is 14.6. The van der Waals surface area contributed by atoms with Crippen LogP contribution in [0.5, 0.6) is 5.75 Å². The largest absolute Gasteiger partial charge is 0.494 e. The molecule has 2 aromatic rings. The van der Waals surface area contributed by atoms with E-state index in [1.54, 1.807) is 18.4 Å². The highest BCUT2D eigenvalue weighted by Gasteiger charge is 2.36. The predicted octanol–water partition coefficient (Wildman–Crippen LogP) is 5.26. The molecule has 1 N–H and O–H groups in total. The van der Waals surface area contributed by atoms with Crippen LogP contribution in [0.3, 0.4) is 0 Å². The summed E-state index contributed by atoms with van der Waals surface area (Å²) >= 11 is 6.19. The molecular weight excluding hydrogens is 438 g/mol. The van der Waals surface area contributed by atoms with E-state index < -0.39 is 21.1 Å². The summed E-state index contributed by atoms with van der Waals surface area (Å²) in [5, 5.41) is 10.1. The Balaban J connectivity index is 1.80. The minimum absolute atomic E-state index is 0.0484. The van der Waals surface area contributed by atoms with Crippen molar-refractivity contribution in [2.24, 2.45) is 0 Å². The topological polar surface area (TPSA) is 85.6 Å². The average molecular weight is 468 g/mol. The first-order valence-electron chi connectivity index (χ1n) is 10.6. The van der Waals surface area contributed by atoms with Crippen molar-refractivity contribution in [3.63, 3.8) is 0 Å². The van der Waals surface area contributed by atoms with Gasteiger partial charge in [0.2, 0.25) is 0 Å². The fraction of sp³-hybridized carbons (Fsp3) is 0.522. The highest BCUT2D eigenvalue weighted by atomic mass is 35.5. The van der Waals surface area contributed by atoms with Crippen molar-refractivity contribution in [2.75, 3.05) is 6.61 Å². The molecule has 0 aliphatic heterocycles. The summed E-state index contributed by atoms with van der Waals surface area (Å²) in [7, 11) is -3.55. The van der Waals surface area contributed by atoms with Gasteiger partial charge in [0.25, 0.3) is 0 Å². The van der Waals surface area contributed by atoms with Crippen LogP contribution in [0.1, 0.15) is 65.0 Å². The Morgan fingerprint density at radius 1 is 1.16 bits per heavy atom. The Morgan fingerprint density at radius 3 is 2.29 bits per heavy atom. The lowest BCUT2D eigenvalue weighted by atomic mass is 10.1. The summed E-state index contributed by atoms with van der Waals surface area (Å²) in [5.41, 5.74) is 2.75. The number of halogens is 1. The first-order valence-corrected chi connectivity index (χ1v) is 12.5. The van der Waals surface area contributed by atoms with Gasteiger partial charge in [-0.25, -0.2) is 13.2 Å². The van der Waals surface area contributed by atoms with Crippen LogP contribution in [0.4, 0.5) is 0 Å². The molecular formula is C23H30ClNO5S. The van der Waals surface area contributed by atoms with E-state index in [1.165, 1.54) is 0 Å². The van der Waals surface area contributed by atoms with Gasteiger partial charge >= 0.3 is 5.97 Å². The summed E-state index contributed by atoms with van der Waals surface area (Å²) in [5.74, 6) is -0.402. The molecule has 1 saturated carbocycles. The molecule has 0 radical (unpaired) electrons. The molecule has 31 heavy (non-hydrogen) atoms. The number of sulfone groups is 1. The minimum atomic E-state index is -3.55. The third kappa shape index (κ3) is 4.62. The Labute approximate surface area is 189 Å². The van der Waals surface area contributed by atoms with E-state index in [4.69, 9.17) is 16.3 Å². The number of benzene rings is 1. The van der Waals surface area contributed by atoms with Crippen molar-refractivity contribution in [3.8, 4) is 5.75 Å². The molecule has 8 heteroatoms. The van der Waals surface area contributed by atoms with E-state index in [0.29, 0.717) is 54.4 Å². The highest BCUT2D eigenvalue weighted by Crippen LogP contribution is 2.35. The number of rotatable bonds is 8. The Kier molecular flexibility index (Phi) is 7.06.